The minimum Gasteiger partial charge on any atom is -0.383 e. The summed E-state index contributed by atoms with van der Waals surface area (Å²) in [6.07, 6.45) is 3.26. The van der Waals surface area contributed by atoms with E-state index in [4.69, 9.17) is 15.5 Å². The van der Waals surface area contributed by atoms with Crippen molar-refractivity contribution in [2.45, 2.75) is 51.6 Å². The van der Waals surface area contributed by atoms with Crippen LogP contribution in [0.5, 0.6) is 0 Å². The van der Waals surface area contributed by atoms with E-state index in [0.29, 0.717) is 18.3 Å². The van der Waals surface area contributed by atoms with Crippen LogP contribution in [0.15, 0.2) is 0 Å². The van der Waals surface area contributed by atoms with E-state index < -0.39 is 5.60 Å². The van der Waals surface area contributed by atoms with Gasteiger partial charge in [-0.2, -0.15) is 0 Å². The van der Waals surface area contributed by atoms with Crippen molar-refractivity contribution >= 4 is 28.4 Å². The normalized spacial score (nSPS) is 18.7. The van der Waals surface area contributed by atoms with Gasteiger partial charge in [-0.3, -0.25) is 0 Å². The quantitative estimate of drug-likeness (QED) is 0.819. The Balaban J connectivity index is 2.44. The fourth-order valence-corrected chi connectivity index (χ4v) is 2.67. The van der Waals surface area contributed by atoms with Gasteiger partial charge in [0, 0.05) is 12.5 Å². The maximum Gasteiger partial charge on any atom is 0.162 e. The predicted molar refractivity (Wildman–Crippen MR) is 80.4 cm³/mol. The Morgan fingerprint density at radius 3 is 2.56 bits per heavy atom. The van der Waals surface area contributed by atoms with Crippen LogP contribution in [0.25, 0.3) is 0 Å². The molecule has 1 heterocycles. The number of nitrogen functional groups attached to an aromatic ring is 1. The molecular weight excluding hydrogens is 341 g/mol. The highest BCUT2D eigenvalue weighted by atomic mass is 127. The minimum atomic E-state index is -0.434. The number of rotatable bonds is 5. The van der Waals surface area contributed by atoms with Crippen LogP contribution in [0.3, 0.4) is 0 Å². The molecule has 1 aromatic heterocycles. The van der Waals surface area contributed by atoms with E-state index in [1.165, 1.54) is 12.8 Å². The molecule has 100 valence electrons. The van der Waals surface area contributed by atoms with E-state index in [2.05, 4.69) is 34.5 Å². The van der Waals surface area contributed by atoms with Crippen molar-refractivity contribution in [3.05, 3.63) is 15.1 Å². The monoisotopic (exact) mass is 361 g/mol. The molecule has 4 nitrogen and oxygen atoms in total. The Kier molecular flexibility index (Phi) is 4.11. The van der Waals surface area contributed by atoms with Crippen molar-refractivity contribution in [3.63, 3.8) is 0 Å². The molecule has 0 bridgehead atoms. The lowest BCUT2D eigenvalue weighted by Crippen LogP contribution is -2.29. The molecule has 1 aliphatic rings. The van der Waals surface area contributed by atoms with Gasteiger partial charge in [0.1, 0.15) is 11.4 Å². The first-order valence-corrected chi connectivity index (χ1v) is 7.57. The summed E-state index contributed by atoms with van der Waals surface area (Å²) in [5.41, 5.74) is 6.70. The fourth-order valence-electron chi connectivity index (χ4n) is 1.99. The lowest BCUT2D eigenvalue weighted by molar-refractivity contribution is -0.0391. The van der Waals surface area contributed by atoms with Gasteiger partial charge in [0.05, 0.1) is 9.26 Å². The first-order chi connectivity index (χ1) is 8.51. The maximum atomic E-state index is 6.02. The van der Waals surface area contributed by atoms with Crippen LogP contribution in [0.4, 0.5) is 5.82 Å². The summed E-state index contributed by atoms with van der Waals surface area (Å²) < 4.78 is 6.84. The number of aromatic nitrogens is 2. The summed E-state index contributed by atoms with van der Waals surface area (Å²) in [6.45, 7) is 6.77. The van der Waals surface area contributed by atoms with Crippen molar-refractivity contribution in [1.82, 2.24) is 9.97 Å². The Morgan fingerprint density at radius 2 is 2.06 bits per heavy atom. The fraction of sp³-hybridized carbons (Fsp3) is 0.692. The first kappa shape index (κ1) is 14.0. The summed E-state index contributed by atoms with van der Waals surface area (Å²) in [5.74, 6) is 1.89. The highest BCUT2D eigenvalue weighted by Gasteiger charge is 2.34. The molecule has 1 atom stereocenters. The van der Waals surface area contributed by atoms with Crippen LogP contribution in [0, 0.1) is 3.57 Å². The van der Waals surface area contributed by atoms with E-state index in [0.717, 1.165) is 21.5 Å². The second-order valence-corrected chi connectivity index (χ2v) is 6.00. The molecule has 1 aliphatic carbocycles. The van der Waals surface area contributed by atoms with Crippen LogP contribution < -0.4 is 5.73 Å². The number of hydrogen-bond acceptors (Lipinski definition) is 4. The number of hydrogen-bond donors (Lipinski definition) is 1. The van der Waals surface area contributed by atoms with Gasteiger partial charge in [0.15, 0.2) is 5.82 Å². The predicted octanol–water partition coefficient (Wildman–Crippen LogP) is 3.20. The summed E-state index contributed by atoms with van der Waals surface area (Å²) in [6, 6.07) is 0. The van der Waals surface area contributed by atoms with E-state index in [-0.39, 0.29) is 0 Å². The number of nitrogens with zero attached hydrogens (tertiary/aromatic N) is 2. The Hall–Kier alpha value is -0.430. The topological polar surface area (TPSA) is 61.0 Å². The van der Waals surface area contributed by atoms with E-state index >= 15 is 0 Å². The maximum absolute atomic E-state index is 6.02. The van der Waals surface area contributed by atoms with Crippen LogP contribution in [-0.2, 0) is 10.3 Å². The molecule has 1 saturated carbocycles. The molecule has 1 unspecified atom stereocenters. The standard InChI is InChI=1S/C13H20IN3O/c1-4-13(3,18-5-2)12-16-10(8-6-7-8)9(14)11(15)17-12/h8H,4-7H2,1-3H3,(H2,15,16,17). The molecule has 2 rings (SSSR count). The van der Waals surface area contributed by atoms with E-state index in [9.17, 15) is 0 Å². The molecule has 0 aliphatic heterocycles. The van der Waals surface area contributed by atoms with Crippen LogP contribution in [0.2, 0.25) is 0 Å². The van der Waals surface area contributed by atoms with Crippen LogP contribution >= 0.6 is 22.6 Å². The third-order valence-electron chi connectivity index (χ3n) is 3.48. The van der Waals surface area contributed by atoms with Gasteiger partial charge in [-0.1, -0.05) is 6.92 Å². The average Bonchev–Trinajstić information content (AvgIpc) is 3.16. The summed E-state index contributed by atoms with van der Waals surface area (Å²) in [5, 5.41) is 0. The smallest absolute Gasteiger partial charge is 0.162 e. The lowest BCUT2D eigenvalue weighted by atomic mass is 10.0. The van der Waals surface area contributed by atoms with Crippen molar-refractivity contribution in [1.29, 1.82) is 0 Å². The van der Waals surface area contributed by atoms with Gasteiger partial charge >= 0.3 is 0 Å². The highest BCUT2D eigenvalue weighted by Crippen LogP contribution is 2.42. The molecule has 0 amide bonds. The lowest BCUT2D eigenvalue weighted by Gasteiger charge is -2.27. The Labute approximate surface area is 122 Å². The molecule has 1 aromatic rings. The van der Waals surface area contributed by atoms with E-state index in [1.54, 1.807) is 0 Å². The third-order valence-corrected chi connectivity index (χ3v) is 4.58. The zero-order chi connectivity index (χ0) is 13.3. The zero-order valence-electron chi connectivity index (χ0n) is 11.2. The molecule has 0 aromatic carbocycles. The Morgan fingerprint density at radius 1 is 1.39 bits per heavy atom. The molecule has 0 saturated heterocycles. The van der Waals surface area contributed by atoms with Gasteiger partial charge in [0.25, 0.3) is 0 Å². The van der Waals surface area contributed by atoms with Gasteiger partial charge in [-0.15, -0.1) is 0 Å². The molecule has 5 heteroatoms. The third kappa shape index (κ3) is 2.61. The number of halogens is 1. The van der Waals surface area contributed by atoms with Crippen molar-refractivity contribution in [2.75, 3.05) is 12.3 Å². The number of nitrogens with two attached hydrogens (primary N) is 1. The van der Waals surface area contributed by atoms with Crippen molar-refractivity contribution < 1.29 is 4.74 Å². The average molecular weight is 361 g/mol. The molecule has 1 fully saturated rings. The van der Waals surface area contributed by atoms with Crippen molar-refractivity contribution in [3.8, 4) is 0 Å². The molecule has 0 spiro atoms. The SMILES string of the molecule is CCOC(C)(CC)c1nc(N)c(I)c(C2CC2)n1. The summed E-state index contributed by atoms with van der Waals surface area (Å²) in [7, 11) is 0. The highest BCUT2D eigenvalue weighted by molar-refractivity contribution is 14.1. The number of anilines is 1. The van der Waals surface area contributed by atoms with E-state index in [1.807, 2.05) is 13.8 Å². The first-order valence-electron chi connectivity index (χ1n) is 6.49. The van der Waals surface area contributed by atoms with Gasteiger partial charge in [-0.25, -0.2) is 9.97 Å². The van der Waals surface area contributed by atoms with Gasteiger partial charge < -0.3 is 10.5 Å². The summed E-state index contributed by atoms with van der Waals surface area (Å²) in [4.78, 5) is 9.17. The Bertz CT molecular complexity index is 448. The molecule has 18 heavy (non-hydrogen) atoms. The molecule has 0 radical (unpaired) electrons. The molecular formula is C13H20IN3O. The minimum absolute atomic E-state index is 0.434. The van der Waals surface area contributed by atoms with Crippen LogP contribution in [-0.4, -0.2) is 16.6 Å². The van der Waals surface area contributed by atoms with Crippen molar-refractivity contribution in [2.24, 2.45) is 0 Å². The number of ether oxygens (including phenoxy) is 1. The van der Waals surface area contributed by atoms with Gasteiger partial charge in [-0.05, 0) is 55.7 Å². The zero-order valence-corrected chi connectivity index (χ0v) is 13.3. The molecule has 2 N–H and O–H groups in total. The second kappa shape index (κ2) is 5.28. The summed E-state index contributed by atoms with van der Waals surface area (Å²) >= 11 is 2.25. The van der Waals surface area contributed by atoms with Crippen LogP contribution in [0.1, 0.15) is 57.5 Å². The van der Waals surface area contributed by atoms with Gasteiger partial charge in [0.2, 0.25) is 0 Å². The largest absolute Gasteiger partial charge is 0.383 e. The second-order valence-electron chi connectivity index (χ2n) is 4.92.